The molecule has 0 radical (unpaired) electrons. The van der Waals surface area contributed by atoms with Crippen molar-refractivity contribution in [3.63, 3.8) is 0 Å². The molecule has 0 spiro atoms. The molecule has 5 nitrogen and oxygen atoms in total. The summed E-state index contributed by atoms with van der Waals surface area (Å²) in [5.74, 6) is -0.316. The average molecular weight is 356 g/mol. The van der Waals surface area contributed by atoms with Gasteiger partial charge in [0.15, 0.2) is 0 Å². The number of rotatable bonds is 3. The molecule has 0 unspecified atom stereocenters. The monoisotopic (exact) mass is 355 g/mol. The molecule has 2 amide bonds. The van der Waals surface area contributed by atoms with Crippen molar-refractivity contribution in [2.75, 3.05) is 11.1 Å². The first-order valence-electron chi connectivity index (χ1n) is 5.95. The van der Waals surface area contributed by atoms with E-state index in [1.54, 1.807) is 0 Å². The van der Waals surface area contributed by atoms with E-state index in [-0.39, 0.29) is 41.2 Å². The minimum Gasteiger partial charge on any atom is -0.334 e. The maximum atomic E-state index is 12.8. The van der Waals surface area contributed by atoms with Crippen LogP contribution in [0.1, 0.15) is 11.1 Å². The second kappa shape index (κ2) is 7.21. The van der Waals surface area contributed by atoms with E-state index in [1.807, 2.05) is 0 Å². The van der Waals surface area contributed by atoms with Crippen LogP contribution in [0.3, 0.4) is 0 Å². The van der Waals surface area contributed by atoms with Gasteiger partial charge in [-0.2, -0.15) is 13.2 Å². The lowest BCUT2D eigenvalue weighted by atomic mass is 10.1. The van der Waals surface area contributed by atoms with Crippen LogP contribution in [-0.4, -0.2) is 22.9 Å². The first-order chi connectivity index (χ1) is 9.79. The molecule has 22 heavy (non-hydrogen) atoms. The van der Waals surface area contributed by atoms with E-state index >= 15 is 0 Å². The summed E-state index contributed by atoms with van der Waals surface area (Å²) in [6.45, 7) is -0.0805. The lowest BCUT2D eigenvalue weighted by Crippen LogP contribution is -2.38. The van der Waals surface area contributed by atoms with E-state index in [0.29, 0.717) is 0 Å². The number of nitrogens with one attached hydrogen (secondary N) is 2. The van der Waals surface area contributed by atoms with Crippen molar-refractivity contribution in [3.05, 3.63) is 29.3 Å². The molecule has 1 aliphatic rings. The SMILES string of the molecule is Cl.NCc1cc(NC(=O)[C@@H]2CSC(=O)N2)cc(C(F)(F)F)c1. The maximum absolute atomic E-state index is 12.8. The Balaban J connectivity index is 0.00000242. The van der Waals surface area contributed by atoms with Gasteiger partial charge in [-0.1, -0.05) is 11.8 Å². The number of carbonyl (C=O) groups is 2. The summed E-state index contributed by atoms with van der Waals surface area (Å²) in [4.78, 5) is 22.9. The number of alkyl halides is 3. The number of amides is 2. The molecular formula is C12H13ClF3N3O2S. The Bertz CT molecular complexity index is 583. The van der Waals surface area contributed by atoms with E-state index in [1.165, 1.54) is 6.07 Å². The first-order valence-corrected chi connectivity index (χ1v) is 6.93. The fraction of sp³-hybridized carbons (Fsp3) is 0.333. The highest BCUT2D eigenvalue weighted by molar-refractivity contribution is 8.14. The Kier molecular flexibility index (Phi) is 6.09. The molecule has 1 fully saturated rings. The Morgan fingerprint density at radius 3 is 2.59 bits per heavy atom. The number of carbonyl (C=O) groups excluding carboxylic acids is 2. The van der Waals surface area contributed by atoms with Crippen LogP contribution in [0.5, 0.6) is 0 Å². The van der Waals surface area contributed by atoms with Gasteiger partial charge in [0.1, 0.15) is 6.04 Å². The summed E-state index contributed by atoms with van der Waals surface area (Å²) >= 11 is 0.948. The van der Waals surface area contributed by atoms with Crippen LogP contribution >= 0.6 is 24.2 Å². The number of hydrogen-bond donors (Lipinski definition) is 3. The summed E-state index contributed by atoms with van der Waals surface area (Å²) in [5, 5.41) is 4.45. The molecule has 10 heteroatoms. The van der Waals surface area contributed by atoms with Crippen molar-refractivity contribution in [2.24, 2.45) is 5.73 Å². The molecule has 1 aromatic rings. The van der Waals surface area contributed by atoms with Gasteiger partial charge in [0.2, 0.25) is 5.91 Å². The van der Waals surface area contributed by atoms with Crippen molar-refractivity contribution in [1.82, 2.24) is 5.32 Å². The summed E-state index contributed by atoms with van der Waals surface area (Å²) in [7, 11) is 0. The van der Waals surface area contributed by atoms with Crippen LogP contribution in [0.2, 0.25) is 0 Å². The fourth-order valence-electron chi connectivity index (χ4n) is 1.80. The highest BCUT2D eigenvalue weighted by Crippen LogP contribution is 2.32. The van der Waals surface area contributed by atoms with Crippen LogP contribution in [0.15, 0.2) is 18.2 Å². The predicted octanol–water partition coefficient (Wildman–Crippen LogP) is 2.35. The smallest absolute Gasteiger partial charge is 0.334 e. The zero-order chi connectivity index (χ0) is 15.6. The third kappa shape index (κ3) is 4.52. The van der Waals surface area contributed by atoms with Gasteiger partial charge in [-0.25, -0.2) is 0 Å². The number of nitrogens with two attached hydrogens (primary N) is 1. The number of benzene rings is 1. The number of hydrogen-bond acceptors (Lipinski definition) is 4. The quantitative estimate of drug-likeness (QED) is 0.777. The van der Waals surface area contributed by atoms with Crippen molar-refractivity contribution >= 4 is 41.0 Å². The van der Waals surface area contributed by atoms with Gasteiger partial charge in [-0.05, 0) is 23.8 Å². The molecule has 1 aliphatic heterocycles. The Hall–Kier alpha value is -1.45. The fourth-order valence-corrected chi connectivity index (χ4v) is 2.58. The van der Waals surface area contributed by atoms with Crippen molar-refractivity contribution < 1.29 is 22.8 Å². The minimum atomic E-state index is -4.53. The number of anilines is 1. The van der Waals surface area contributed by atoms with E-state index < -0.39 is 23.7 Å². The van der Waals surface area contributed by atoms with Gasteiger partial charge < -0.3 is 16.4 Å². The standard InChI is InChI=1S/C12H12F3N3O2S.ClH/c13-12(14,15)7-1-6(4-16)2-8(3-7)17-10(19)9-5-21-11(20)18-9;/h1-3,9H,4-5,16H2,(H,17,19)(H,18,20);1H/t9-;/m0./s1. The first kappa shape index (κ1) is 18.6. The van der Waals surface area contributed by atoms with Gasteiger partial charge in [-0.15, -0.1) is 12.4 Å². The Morgan fingerprint density at radius 2 is 2.09 bits per heavy atom. The molecule has 0 bridgehead atoms. The normalized spacial score (nSPS) is 17.6. The zero-order valence-corrected chi connectivity index (χ0v) is 12.7. The van der Waals surface area contributed by atoms with Gasteiger partial charge in [0.05, 0.1) is 5.56 Å². The van der Waals surface area contributed by atoms with E-state index in [0.717, 1.165) is 23.9 Å². The third-order valence-electron chi connectivity index (χ3n) is 2.81. The number of halogens is 4. The Morgan fingerprint density at radius 1 is 1.41 bits per heavy atom. The van der Waals surface area contributed by atoms with Crippen LogP contribution < -0.4 is 16.4 Å². The van der Waals surface area contributed by atoms with Crippen molar-refractivity contribution in [3.8, 4) is 0 Å². The molecule has 1 heterocycles. The summed E-state index contributed by atoms with van der Waals surface area (Å²) in [6.07, 6.45) is -4.53. The summed E-state index contributed by atoms with van der Waals surface area (Å²) < 4.78 is 38.3. The van der Waals surface area contributed by atoms with Gasteiger partial charge >= 0.3 is 6.18 Å². The molecule has 0 aromatic heterocycles. The average Bonchev–Trinajstić information content (AvgIpc) is 2.84. The molecular weight excluding hydrogens is 343 g/mol. The minimum absolute atomic E-state index is 0. The largest absolute Gasteiger partial charge is 0.416 e. The second-order valence-electron chi connectivity index (χ2n) is 4.41. The molecule has 1 aromatic carbocycles. The van der Waals surface area contributed by atoms with Gasteiger partial charge in [0, 0.05) is 18.0 Å². The van der Waals surface area contributed by atoms with Crippen LogP contribution in [0.4, 0.5) is 23.7 Å². The van der Waals surface area contributed by atoms with Crippen molar-refractivity contribution in [1.29, 1.82) is 0 Å². The predicted molar refractivity (Wildman–Crippen MR) is 80.0 cm³/mol. The third-order valence-corrected chi connectivity index (χ3v) is 3.69. The molecule has 4 N–H and O–H groups in total. The maximum Gasteiger partial charge on any atom is 0.416 e. The zero-order valence-electron chi connectivity index (χ0n) is 11.1. The molecule has 2 rings (SSSR count). The highest BCUT2D eigenvalue weighted by Gasteiger charge is 2.32. The van der Waals surface area contributed by atoms with E-state index in [2.05, 4.69) is 10.6 Å². The lowest BCUT2D eigenvalue weighted by molar-refractivity contribution is -0.137. The number of thioether (sulfide) groups is 1. The second-order valence-corrected chi connectivity index (χ2v) is 5.40. The van der Waals surface area contributed by atoms with Crippen molar-refractivity contribution in [2.45, 2.75) is 18.8 Å². The van der Waals surface area contributed by atoms with Crippen LogP contribution in [0, 0.1) is 0 Å². The van der Waals surface area contributed by atoms with E-state index in [4.69, 9.17) is 5.73 Å². The van der Waals surface area contributed by atoms with Gasteiger partial charge in [-0.3, -0.25) is 9.59 Å². The molecule has 1 saturated heterocycles. The molecule has 0 aliphatic carbocycles. The summed E-state index contributed by atoms with van der Waals surface area (Å²) in [6, 6.07) is 2.39. The van der Waals surface area contributed by atoms with Crippen LogP contribution in [0.25, 0.3) is 0 Å². The molecule has 1 atom stereocenters. The van der Waals surface area contributed by atoms with Gasteiger partial charge in [0.25, 0.3) is 5.24 Å². The lowest BCUT2D eigenvalue weighted by Gasteiger charge is -2.14. The summed E-state index contributed by atoms with van der Waals surface area (Å²) in [5.41, 5.74) is 4.73. The Labute approximate surface area is 134 Å². The molecule has 122 valence electrons. The highest BCUT2D eigenvalue weighted by atomic mass is 35.5. The topological polar surface area (TPSA) is 84.2 Å². The van der Waals surface area contributed by atoms with Crippen LogP contribution in [-0.2, 0) is 17.5 Å². The van der Waals surface area contributed by atoms with E-state index in [9.17, 15) is 22.8 Å². The molecule has 0 saturated carbocycles.